The van der Waals surface area contributed by atoms with Crippen molar-refractivity contribution < 1.29 is 17.9 Å². The van der Waals surface area contributed by atoms with Crippen molar-refractivity contribution in [2.24, 2.45) is 4.40 Å². The highest BCUT2D eigenvalue weighted by Crippen LogP contribution is 2.25. The van der Waals surface area contributed by atoms with Gasteiger partial charge in [0.25, 0.3) is 15.9 Å². The van der Waals surface area contributed by atoms with E-state index in [1.165, 1.54) is 4.90 Å². The van der Waals surface area contributed by atoms with Crippen LogP contribution in [0.1, 0.15) is 5.56 Å². The summed E-state index contributed by atoms with van der Waals surface area (Å²) in [6.45, 7) is 0.591. The number of nitrogens with zero attached hydrogens (tertiary/aromatic N) is 3. The lowest BCUT2D eigenvalue weighted by Crippen LogP contribution is -2.42. The average Bonchev–Trinajstić information content (AvgIpc) is 2.60. The van der Waals surface area contributed by atoms with Crippen LogP contribution in [0.25, 0.3) is 0 Å². The van der Waals surface area contributed by atoms with Crippen molar-refractivity contribution >= 4 is 37.7 Å². The lowest BCUT2D eigenvalue weighted by Gasteiger charge is -2.30. The van der Waals surface area contributed by atoms with Crippen LogP contribution in [0.15, 0.2) is 51.0 Å². The van der Waals surface area contributed by atoms with Crippen molar-refractivity contribution in [2.45, 2.75) is 6.54 Å². The van der Waals surface area contributed by atoms with Gasteiger partial charge in [-0.3, -0.25) is 4.79 Å². The van der Waals surface area contributed by atoms with Crippen molar-refractivity contribution in [3.63, 3.8) is 0 Å². The van der Waals surface area contributed by atoms with Gasteiger partial charge in [0.1, 0.15) is 5.75 Å². The van der Waals surface area contributed by atoms with Crippen LogP contribution in [0.3, 0.4) is 0 Å². The Bertz CT molecular complexity index is 937. The molecule has 1 aromatic carbocycles. The topological polar surface area (TPSA) is 79.3 Å². The Morgan fingerprint density at radius 2 is 2.19 bits per heavy atom. The number of allylic oxidation sites excluding steroid dienone is 2. The molecule has 9 heteroatoms. The molecule has 2 aliphatic heterocycles. The zero-order valence-corrected chi connectivity index (χ0v) is 16.7. The van der Waals surface area contributed by atoms with Gasteiger partial charge in [0.15, 0.2) is 5.84 Å². The van der Waals surface area contributed by atoms with Gasteiger partial charge in [0.05, 0.1) is 18.4 Å². The molecule has 1 amide bonds. The van der Waals surface area contributed by atoms with Crippen LogP contribution >= 0.6 is 15.9 Å². The third-order valence-electron chi connectivity index (χ3n) is 4.08. The van der Waals surface area contributed by atoms with Crippen LogP contribution in [-0.2, 0) is 21.4 Å². The van der Waals surface area contributed by atoms with Gasteiger partial charge >= 0.3 is 0 Å². The highest BCUT2D eigenvalue weighted by Gasteiger charge is 2.31. The van der Waals surface area contributed by atoms with Gasteiger partial charge in [-0.05, 0) is 30.4 Å². The summed E-state index contributed by atoms with van der Waals surface area (Å²) in [5.41, 5.74) is 1.09. The van der Waals surface area contributed by atoms with Crippen LogP contribution < -0.4 is 4.74 Å². The number of halogens is 1. The van der Waals surface area contributed by atoms with Gasteiger partial charge < -0.3 is 14.5 Å². The maximum absolute atomic E-state index is 12.9. The van der Waals surface area contributed by atoms with E-state index < -0.39 is 10.0 Å². The molecule has 7 nitrogen and oxygen atoms in total. The van der Waals surface area contributed by atoms with Crippen LogP contribution in [0.4, 0.5) is 0 Å². The smallest absolute Gasteiger partial charge is 0.257 e. The molecule has 0 aromatic heterocycles. The molecule has 0 N–H and O–H groups in total. The normalized spacial score (nSPS) is 17.9. The summed E-state index contributed by atoms with van der Waals surface area (Å²) >= 11 is 3.42. The Morgan fingerprint density at radius 3 is 2.92 bits per heavy atom. The first-order valence-electron chi connectivity index (χ1n) is 7.87. The van der Waals surface area contributed by atoms with E-state index in [4.69, 9.17) is 4.74 Å². The Kier molecular flexibility index (Phi) is 5.19. The van der Waals surface area contributed by atoms with Crippen LogP contribution in [0, 0.1) is 0 Å². The number of ether oxygens (including phenoxy) is 1. The molecule has 1 aromatic rings. The maximum Gasteiger partial charge on any atom is 0.257 e. The van der Waals surface area contributed by atoms with E-state index in [1.54, 1.807) is 37.4 Å². The quantitative estimate of drug-likeness (QED) is 0.715. The second-order valence-electron chi connectivity index (χ2n) is 5.93. The molecule has 26 heavy (non-hydrogen) atoms. The maximum atomic E-state index is 12.9. The van der Waals surface area contributed by atoms with E-state index in [0.717, 1.165) is 10.0 Å². The fourth-order valence-corrected chi connectivity index (χ4v) is 4.18. The molecule has 0 saturated heterocycles. The third-order valence-corrected chi connectivity index (χ3v) is 5.73. The first-order valence-corrected chi connectivity index (χ1v) is 10.3. The van der Waals surface area contributed by atoms with E-state index in [1.807, 2.05) is 18.2 Å². The highest BCUT2D eigenvalue weighted by atomic mass is 79.9. The molecule has 138 valence electrons. The minimum Gasteiger partial charge on any atom is -0.496 e. The highest BCUT2D eigenvalue weighted by molar-refractivity contribution is 9.10. The number of hydrogen-bond acceptors (Lipinski definition) is 5. The number of carbonyl (C=O) groups excluding carboxylic acids is 1. The fraction of sp³-hybridized carbons (Fsp3) is 0.294. The summed E-state index contributed by atoms with van der Waals surface area (Å²) in [4.78, 5) is 16.1. The SMILES string of the molecule is COc1ccc(Br)cc1CN(C)C(=O)C1=CC=CN2CCS(=O)(=O)N=C12. The molecule has 0 bridgehead atoms. The standard InChI is InChI=1S/C17H18BrN3O4S/c1-20(11-12-10-13(18)5-6-15(12)25-2)17(22)14-4-3-7-21-8-9-26(23,24)19-16(14)21/h3-7,10H,8-9,11H2,1-2H3. The van der Waals surface area contributed by atoms with Crippen molar-refractivity contribution in [3.8, 4) is 5.75 Å². The predicted molar refractivity (Wildman–Crippen MR) is 102 cm³/mol. The van der Waals surface area contributed by atoms with Crippen LogP contribution in [-0.4, -0.2) is 56.4 Å². The number of benzene rings is 1. The molecule has 3 rings (SSSR count). The van der Waals surface area contributed by atoms with E-state index in [2.05, 4.69) is 20.3 Å². The number of sulfonamides is 1. The summed E-state index contributed by atoms with van der Waals surface area (Å²) in [6, 6.07) is 5.56. The second-order valence-corrected chi connectivity index (χ2v) is 8.60. The largest absolute Gasteiger partial charge is 0.496 e. The Hall–Kier alpha value is -2.13. The molecule has 0 saturated carbocycles. The molecule has 2 aliphatic rings. The predicted octanol–water partition coefficient (Wildman–Crippen LogP) is 1.91. The Labute approximate surface area is 160 Å². The fourth-order valence-electron chi connectivity index (χ4n) is 2.79. The zero-order valence-electron chi connectivity index (χ0n) is 14.3. The van der Waals surface area contributed by atoms with E-state index in [-0.39, 0.29) is 29.6 Å². The molecule has 0 atom stereocenters. The summed E-state index contributed by atoms with van der Waals surface area (Å²) < 4.78 is 33.7. The van der Waals surface area contributed by atoms with E-state index in [9.17, 15) is 13.2 Å². The number of carbonyl (C=O) groups is 1. The molecule has 0 radical (unpaired) electrons. The van der Waals surface area contributed by atoms with Crippen LogP contribution in [0.5, 0.6) is 5.75 Å². The number of hydrogen-bond donors (Lipinski definition) is 0. The summed E-state index contributed by atoms with van der Waals surface area (Å²) in [5.74, 6) is 0.478. The summed E-state index contributed by atoms with van der Waals surface area (Å²) in [7, 11) is -0.317. The molecule has 2 heterocycles. The molecular formula is C17H18BrN3O4S. The monoisotopic (exact) mass is 439 g/mol. The van der Waals surface area contributed by atoms with Crippen molar-refractivity contribution in [1.29, 1.82) is 0 Å². The van der Waals surface area contributed by atoms with Gasteiger partial charge in [0, 0.05) is 36.4 Å². The summed E-state index contributed by atoms with van der Waals surface area (Å²) in [5, 5.41) is 0. The molecule has 0 aliphatic carbocycles. The van der Waals surface area contributed by atoms with Gasteiger partial charge in [-0.15, -0.1) is 4.40 Å². The van der Waals surface area contributed by atoms with Crippen molar-refractivity contribution in [3.05, 3.63) is 52.2 Å². The zero-order chi connectivity index (χ0) is 18.9. The first-order chi connectivity index (χ1) is 12.3. The van der Waals surface area contributed by atoms with Crippen molar-refractivity contribution in [2.75, 3.05) is 26.5 Å². The number of rotatable bonds is 4. The van der Waals surface area contributed by atoms with E-state index >= 15 is 0 Å². The number of methoxy groups -OCH3 is 1. The molecular weight excluding hydrogens is 422 g/mol. The number of amidine groups is 1. The third kappa shape index (κ3) is 3.83. The first kappa shape index (κ1) is 18.7. The van der Waals surface area contributed by atoms with Gasteiger partial charge in [-0.2, -0.15) is 0 Å². The minimum atomic E-state index is -3.55. The van der Waals surface area contributed by atoms with E-state index in [0.29, 0.717) is 12.3 Å². The Morgan fingerprint density at radius 1 is 1.42 bits per heavy atom. The number of likely N-dealkylation sites (N-methyl/N-ethyl adjacent to an activating group) is 1. The minimum absolute atomic E-state index is 0.0621. The summed E-state index contributed by atoms with van der Waals surface area (Å²) in [6.07, 6.45) is 5.03. The lowest BCUT2D eigenvalue weighted by atomic mass is 10.1. The molecule has 0 unspecified atom stereocenters. The average molecular weight is 440 g/mol. The number of amides is 1. The lowest BCUT2D eigenvalue weighted by molar-refractivity contribution is -0.125. The molecule has 0 fully saturated rings. The number of fused-ring (bicyclic) bond motifs is 1. The van der Waals surface area contributed by atoms with Crippen molar-refractivity contribution in [1.82, 2.24) is 9.80 Å². The second kappa shape index (κ2) is 7.24. The van der Waals surface area contributed by atoms with Crippen LogP contribution in [0.2, 0.25) is 0 Å². The Balaban J connectivity index is 1.87. The molecule has 0 spiro atoms. The van der Waals surface area contributed by atoms with Gasteiger partial charge in [0.2, 0.25) is 0 Å². The van der Waals surface area contributed by atoms with Gasteiger partial charge in [-0.1, -0.05) is 15.9 Å². The van der Waals surface area contributed by atoms with Gasteiger partial charge in [-0.25, -0.2) is 8.42 Å².